The number of amides is 1. The van der Waals surface area contributed by atoms with Gasteiger partial charge in [-0.05, 0) is 47.8 Å². The summed E-state index contributed by atoms with van der Waals surface area (Å²) in [4.78, 5) is 27.2. The molecule has 3 heterocycles. The lowest BCUT2D eigenvalue weighted by Gasteiger charge is -2.19. The van der Waals surface area contributed by atoms with Gasteiger partial charge in [-0.25, -0.2) is 15.0 Å². The summed E-state index contributed by atoms with van der Waals surface area (Å²) in [6.45, 7) is 12.5. The average Bonchev–Trinajstić information content (AvgIpc) is 3.43. The Bertz CT molecular complexity index is 1370. The van der Waals surface area contributed by atoms with Crippen LogP contribution in [-0.4, -0.2) is 44.1 Å². The van der Waals surface area contributed by atoms with E-state index in [4.69, 9.17) is 0 Å². The Balaban J connectivity index is 1.57. The van der Waals surface area contributed by atoms with E-state index in [2.05, 4.69) is 74.0 Å². The van der Waals surface area contributed by atoms with Crippen molar-refractivity contribution in [2.24, 2.45) is 0 Å². The number of aromatic nitrogens is 3. The molecule has 3 aromatic rings. The van der Waals surface area contributed by atoms with E-state index in [9.17, 15) is 9.90 Å². The van der Waals surface area contributed by atoms with Gasteiger partial charge in [0, 0.05) is 22.3 Å². The molecular formula is C31H38N4O2S2. The second-order valence-electron chi connectivity index (χ2n) is 11.2. The van der Waals surface area contributed by atoms with Gasteiger partial charge in [-0.15, -0.1) is 11.3 Å². The Morgan fingerprint density at radius 2 is 1.90 bits per heavy atom. The van der Waals surface area contributed by atoms with Crippen LogP contribution < -0.4 is 5.32 Å². The highest BCUT2D eigenvalue weighted by Crippen LogP contribution is 2.33. The molecule has 0 saturated heterocycles. The predicted octanol–water partition coefficient (Wildman–Crippen LogP) is 6.95. The van der Waals surface area contributed by atoms with E-state index in [1.807, 2.05) is 36.0 Å². The van der Waals surface area contributed by atoms with E-state index < -0.39 is 6.04 Å². The van der Waals surface area contributed by atoms with Gasteiger partial charge in [0.1, 0.15) is 11.2 Å². The maximum Gasteiger partial charge on any atom is 0.263 e. The molecular weight excluding hydrogens is 525 g/mol. The van der Waals surface area contributed by atoms with Gasteiger partial charge < -0.3 is 10.4 Å². The average molecular weight is 563 g/mol. The summed E-state index contributed by atoms with van der Waals surface area (Å²) in [6, 6.07) is 7.38. The summed E-state index contributed by atoms with van der Waals surface area (Å²) in [5, 5.41) is 13.9. The first-order chi connectivity index (χ1) is 18.6. The Kier molecular flexibility index (Phi) is 9.41. The van der Waals surface area contributed by atoms with Crippen molar-refractivity contribution in [1.29, 1.82) is 0 Å². The van der Waals surface area contributed by atoms with Crippen LogP contribution in [0.15, 0.2) is 54.0 Å². The van der Waals surface area contributed by atoms with Crippen molar-refractivity contribution >= 4 is 35.1 Å². The first kappa shape index (κ1) is 29.2. The molecule has 0 saturated carbocycles. The Morgan fingerprint density at radius 1 is 1.15 bits per heavy atom. The van der Waals surface area contributed by atoms with Crippen LogP contribution in [0.25, 0.3) is 17.3 Å². The number of aliphatic hydroxyl groups excluding tert-OH is 1. The highest BCUT2D eigenvalue weighted by atomic mass is 32.2. The van der Waals surface area contributed by atoms with Crippen LogP contribution in [0, 0.1) is 0 Å². The third kappa shape index (κ3) is 7.04. The molecule has 1 aromatic carbocycles. The number of allylic oxidation sites excluding steroid dienone is 2. The van der Waals surface area contributed by atoms with Gasteiger partial charge in [0.2, 0.25) is 0 Å². The number of carbonyl (C=O) groups is 1. The molecule has 8 heteroatoms. The first-order valence-corrected chi connectivity index (χ1v) is 15.3. The van der Waals surface area contributed by atoms with Gasteiger partial charge >= 0.3 is 0 Å². The van der Waals surface area contributed by atoms with Crippen LogP contribution in [0.4, 0.5) is 0 Å². The highest BCUT2D eigenvalue weighted by Gasteiger charge is 2.23. The van der Waals surface area contributed by atoms with Crippen LogP contribution in [-0.2, 0) is 5.41 Å². The summed E-state index contributed by atoms with van der Waals surface area (Å²) in [5.74, 6) is 2.23. The fourth-order valence-corrected chi connectivity index (χ4v) is 6.30. The molecule has 0 bridgehead atoms. The van der Waals surface area contributed by atoms with E-state index in [1.165, 1.54) is 22.5 Å². The molecule has 1 unspecified atom stereocenters. The Hall–Kier alpha value is -2.81. The van der Waals surface area contributed by atoms with Gasteiger partial charge in [-0.3, -0.25) is 4.79 Å². The minimum Gasteiger partial charge on any atom is -0.394 e. The zero-order valence-corrected chi connectivity index (χ0v) is 25.2. The second-order valence-corrected chi connectivity index (χ2v) is 13.3. The minimum atomic E-state index is -0.523. The molecule has 1 aliphatic rings. The van der Waals surface area contributed by atoms with Gasteiger partial charge in [0.15, 0.2) is 0 Å². The molecule has 1 aliphatic heterocycles. The fourth-order valence-electron chi connectivity index (χ4n) is 4.57. The number of benzene rings is 1. The normalized spacial score (nSPS) is 15.3. The lowest BCUT2D eigenvalue weighted by Crippen LogP contribution is -2.30. The fraction of sp³-hybridized carbons (Fsp3) is 0.419. The minimum absolute atomic E-state index is 0.119. The lowest BCUT2D eigenvalue weighted by atomic mass is 9.92. The Labute approximate surface area is 240 Å². The van der Waals surface area contributed by atoms with Crippen molar-refractivity contribution in [2.75, 3.05) is 18.1 Å². The van der Waals surface area contributed by atoms with E-state index in [0.717, 1.165) is 51.0 Å². The number of carbonyl (C=O) groups excluding carboxylic acids is 1. The standard InChI is InChI=1S/C31H38N4O2S2/c1-19(2)27-24(15-20(3)21-11-13-38-14-12-21)33-18-34-28(27)23-9-7-22(8-10-23)25(17-36)35-29(37)26-16-32-30(39-26)31(4,5)6/h7-11,15-16,18-19,25,36H,12-14,17H2,1-6H3,(H,35,37)/b20-15+. The van der Waals surface area contributed by atoms with Crippen molar-refractivity contribution in [3.63, 3.8) is 0 Å². The van der Waals surface area contributed by atoms with Gasteiger partial charge in [-0.2, -0.15) is 11.8 Å². The maximum atomic E-state index is 12.9. The molecule has 4 rings (SSSR count). The molecule has 6 nitrogen and oxygen atoms in total. The van der Waals surface area contributed by atoms with E-state index >= 15 is 0 Å². The van der Waals surface area contributed by atoms with E-state index in [0.29, 0.717) is 4.88 Å². The summed E-state index contributed by atoms with van der Waals surface area (Å²) in [6.07, 6.45) is 8.85. The lowest BCUT2D eigenvalue weighted by molar-refractivity contribution is 0.0920. The zero-order valence-electron chi connectivity index (χ0n) is 23.6. The number of rotatable bonds is 8. The molecule has 2 N–H and O–H groups in total. The zero-order chi connectivity index (χ0) is 28.2. The number of nitrogens with zero attached hydrogens (tertiary/aromatic N) is 3. The van der Waals surface area contributed by atoms with Gasteiger partial charge in [-0.1, -0.05) is 65.0 Å². The van der Waals surface area contributed by atoms with Gasteiger partial charge in [0.05, 0.1) is 35.2 Å². The number of hydrogen-bond donors (Lipinski definition) is 2. The molecule has 1 amide bonds. The summed E-state index contributed by atoms with van der Waals surface area (Å²) in [5.41, 5.74) is 7.32. The number of hydrogen-bond acceptors (Lipinski definition) is 7. The molecule has 0 aliphatic carbocycles. The molecule has 206 valence electrons. The number of thiazole rings is 1. The topological polar surface area (TPSA) is 88.0 Å². The largest absolute Gasteiger partial charge is 0.394 e. The molecule has 1 atom stereocenters. The van der Waals surface area contributed by atoms with Crippen LogP contribution >= 0.6 is 23.1 Å². The quantitative estimate of drug-likeness (QED) is 0.309. The van der Waals surface area contributed by atoms with Crippen LogP contribution in [0.1, 0.15) is 91.4 Å². The second kappa shape index (κ2) is 12.6. The molecule has 0 radical (unpaired) electrons. The molecule has 0 spiro atoms. The molecule has 39 heavy (non-hydrogen) atoms. The molecule has 0 fully saturated rings. The SMILES string of the molecule is C/C(=C\c1ncnc(-c2ccc(C(CO)NC(=O)c3cnc(C(C)(C)C)s3)cc2)c1C(C)C)C1=CCSCC1. The third-order valence-electron chi connectivity index (χ3n) is 6.76. The Morgan fingerprint density at radius 3 is 2.49 bits per heavy atom. The van der Waals surface area contributed by atoms with Crippen LogP contribution in [0.3, 0.4) is 0 Å². The van der Waals surface area contributed by atoms with E-state index in [1.54, 1.807) is 12.5 Å². The van der Waals surface area contributed by atoms with Crippen LogP contribution in [0.2, 0.25) is 0 Å². The summed E-state index contributed by atoms with van der Waals surface area (Å²) < 4.78 is 0. The number of thioether (sulfide) groups is 1. The maximum absolute atomic E-state index is 12.9. The number of aliphatic hydroxyl groups is 1. The van der Waals surface area contributed by atoms with Gasteiger partial charge in [0.25, 0.3) is 5.91 Å². The van der Waals surface area contributed by atoms with Crippen molar-refractivity contribution in [3.8, 4) is 11.3 Å². The van der Waals surface area contributed by atoms with E-state index in [-0.39, 0.29) is 23.8 Å². The van der Waals surface area contributed by atoms with Crippen LogP contribution in [0.5, 0.6) is 0 Å². The third-order valence-corrected chi connectivity index (χ3v) is 9.08. The summed E-state index contributed by atoms with van der Waals surface area (Å²) >= 11 is 3.35. The van der Waals surface area contributed by atoms with Crippen molar-refractivity contribution in [3.05, 3.63) is 80.7 Å². The monoisotopic (exact) mass is 562 g/mol. The van der Waals surface area contributed by atoms with Crippen molar-refractivity contribution in [2.45, 2.75) is 65.3 Å². The van der Waals surface area contributed by atoms with Crippen molar-refractivity contribution < 1.29 is 9.90 Å². The van der Waals surface area contributed by atoms with Crippen molar-refractivity contribution in [1.82, 2.24) is 20.3 Å². The predicted molar refractivity (Wildman–Crippen MR) is 163 cm³/mol. The first-order valence-electron chi connectivity index (χ1n) is 13.4. The molecule has 2 aromatic heterocycles. The smallest absolute Gasteiger partial charge is 0.263 e. The highest BCUT2D eigenvalue weighted by molar-refractivity contribution is 7.99. The number of nitrogens with one attached hydrogen (secondary N) is 1. The summed E-state index contributed by atoms with van der Waals surface area (Å²) in [7, 11) is 0.